The van der Waals surface area contributed by atoms with Gasteiger partial charge in [-0.2, -0.15) is 0 Å². The number of nitrogens with zero attached hydrogens (tertiary/aromatic N) is 1. The fourth-order valence-corrected chi connectivity index (χ4v) is 4.66. The number of aryl methyl sites for hydroxylation is 1. The van der Waals surface area contributed by atoms with Gasteiger partial charge in [0.1, 0.15) is 11.9 Å². The average Bonchev–Trinajstić information content (AvgIpc) is 3.23. The molecule has 2 atom stereocenters. The molecule has 0 bridgehead atoms. The van der Waals surface area contributed by atoms with Gasteiger partial charge in [-0.05, 0) is 55.3 Å². The van der Waals surface area contributed by atoms with Gasteiger partial charge in [-0.3, -0.25) is 10.2 Å². The van der Waals surface area contributed by atoms with Crippen LogP contribution in [0.2, 0.25) is 0 Å². The van der Waals surface area contributed by atoms with E-state index < -0.39 is 11.6 Å². The Hall–Kier alpha value is -3.20. The van der Waals surface area contributed by atoms with Gasteiger partial charge in [0.2, 0.25) is 5.90 Å². The predicted molar refractivity (Wildman–Crippen MR) is 147 cm³/mol. The molecule has 1 heterocycles. The molecule has 3 aromatic carbocycles. The highest BCUT2D eigenvalue weighted by Gasteiger charge is 2.50. The Morgan fingerprint density at radius 1 is 1.14 bits per heavy atom. The van der Waals surface area contributed by atoms with E-state index in [0.717, 1.165) is 26.7 Å². The Bertz CT molecular complexity index is 1250. The smallest absolute Gasteiger partial charge is 0.266 e. The number of hydrogen-bond donors (Lipinski definition) is 3. The molecule has 0 saturated heterocycles. The van der Waals surface area contributed by atoms with Crippen LogP contribution in [0.4, 0.5) is 0 Å². The average molecular weight is 566 g/mol. The van der Waals surface area contributed by atoms with Gasteiger partial charge in [-0.1, -0.05) is 64.0 Å². The highest BCUT2D eigenvalue weighted by Crippen LogP contribution is 2.34. The SMILES string of the molecule is Cc1cccc(CNNC(=O)[C@@]2(Cc3ccccc3Br)N=C(c3ccc(OCCCO)cc3)O[C@H]2C)c1. The molecule has 0 unspecified atom stereocenters. The summed E-state index contributed by atoms with van der Waals surface area (Å²) in [5.74, 6) is 0.846. The number of nitrogens with one attached hydrogen (secondary N) is 2. The molecule has 194 valence electrons. The molecule has 0 aliphatic carbocycles. The number of halogens is 1. The molecule has 3 N–H and O–H groups in total. The van der Waals surface area contributed by atoms with E-state index in [2.05, 4.69) is 32.8 Å². The Morgan fingerprint density at radius 3 is 2.65 bits per heavy atom. The summed E-state index contributed by atoms with van der Waals surface area (Å²) < 4.78 is 12.7. The maximum absolute atomic E-state index is 13.7. The number of aliphatic imine (C=N–C) groups is 1. The van der Waals surface area contributed by atoms with Crippen LogP contribution < -0.4 is 15.6 Å². The molecule has 0 saturated carbocycles. The summed E-state index contributed by atoms with van der Waals surface area (Å²) in [6, 6.07) is 23.3. The van der Waals surface area contributed by atoms with E-state index >= 15 is 0 Å². The number of aliphatic hydroxyl groups excluding tert-OH is 1. The third-order valence-corrected chi connectivity index (χ3v) is 7.10. The maximum atomic E-state index is 13.7. The van der Waals surface area contributed by atoms with Crippen molar-refractivity contribution < 1.29 is 19.4 Å². The van der Waals surface area contributed by atoms with E-state index in [1.54, 1.807) is 0 Å². The number of hydrogen-bond acceptors (Lipinski definition) is 6. The van der Waals surface area contributed by atoms with Gasteiger partial charge in [0.05, 0.1) is 6.61 Å². The van der Waals surface area contributed by atoms with Gasteiger partial charge < -0.3 is 14.6 Å². The summed E-state index contributed by atoms with van der Waals surface area (Å²) >= 11 is 3.61. The van der Waals surface area contributed by atoms with Crippen LogP contribution in [0.3, 0.4) is 0 Å². The highest BCUT2D eigenvalue weighted by atomic mass is 79.9. The van der Waals surface area contributed by atoms with Gasteiger partial charge in [-0.25, -0.2) is 10.4 Å². The van der Waals surface area contributed by atoms with Crippen molar-refractivity contribution in [2.45, 2.75) is 44.9 Å². The lowest BCUT2D eigenvalue weighted by Gasteiger charge is -2.28. The Kier molecular flexibility index (Phi) is 8.97. The molecule has 4 rings (SSSR count). The molecule has 0 aromatic heterocycles. The van der Waals surface area contributed by atoms with E-state index in [-0.39, 0.29) is 12.5 Å². The first-order valence-corrected chi connectivity index (χ1v) is 13.1. The first-order chi connectivity index (χ1) is 17.9. The van der Waals surface area contributed by atoms with Crippen LogP contribution >= 0.6 is 15.9 Å². The second-order valence-electron chi connectivity index (χ2n) is 9.12. The van der Waals surface area contributed by atoms with Gasteiger partial charge in [0, 0.05) is 36.0 Å². The highest BCUT2D eigenvalue weighted by molar-refractivity contribution is 9.10. The van der Waals surface area contributed by atoms with E-state index in [1.165, 1.54) is 0 Å². The zero-order valence-electron chi connectivity index (χ0n) is 21.0. The zero-order valence-corrected chi connectivity index (χ0v) is 22.6. The summed E-state index contributed by atoms with van der Waals surface area (Å²) in [5.41, 5.74) is 8.73. The van der Waals surface area contributed by atoms with E-state index in [0.29, 0.717) is 37.6 Å². The number of carbonyl (C=O) groups excluding carboxylic acids is 1. The monoisotopic (exact) mass is 565 g/mol. The number of benzene rings is 3. The lowest BCUT2D eigenvalue weighted by molar-refractivity contribution is -0.129. The molecule has 0 spiro atoms. The van der Waals surface area contributed by atoms with E-state index in [9.17, 15) is 4.79 Å². The number of rotatable bonds is 11. The van der Waals surface area contributed by atoms with Crippen LogP contribution in [0.5, 0.6) is 5.75 Å². The van der Waals surface area contributed by atoms with Gasteiger partial charge in [-0.15, -0.1) is 0 Å². The van der Waals surface area contributed by atoms with Gasteiger partial charge >= 0.3 is 0 Å². The number of aliphatic hydroxyl groups is 1. The lowest BCUT2D eigenvalue weighted by atomic mass is 9.86. The van der Waals surface area contributed by atoms with Crippen molar-refractivity contribution in [1.29, 1.82) is 0 Å². The third-order valence-electron chi connectivity index (χ3n) is 6.32. The topological polar surface area (TPSA) is 92.2 Å². The molecular weight excluding hydrogens is 534 g/mol. The summed E-state index contributed by atoms with van der Waals surface area (Å²) in [6.45, 7) is 4.93. The summed E-state index contributed by atoms with van der Waals surface area (Å²) in [4.78, 5) is 18.6. The molecule has 3 aromatic rings. The lowest BCUT2D eigenvalue weighted by Crippen LogP contribution is -2.55. The predicted octanol–water partition coefficient (Wildman–Crippen LogP) is 4.49. The molecule has 1 aliphatic heterocycles. The molecule has 8 heteroatoms. The summed E-state index contributed by atoms with van der Waals surface area (Å²) in [5, 5.41) is 8.94. The largest absolute Gasteiger partial charge is 0.494 e. The van der Waals surface area contributed by atoms with Crippen LogP contribution in [0.15, 0.2) is 82.3 Å². The second-order valence-corrected chi connectivity index (χ2v) is 9.97. The normalized spacial score (nSPS) is 18.7. The van der Waals surface area contributed by atoms with Crippen LogP contribution in [-0.4, -0.2) is 41.8 Å². The number of hydrazine groups is 1. The van der Waals surface area contributed by atoms with Crippen molar-refractivity contribution in [3.8, 4) is 5.75 Å². The maximum Gasteiger partial charge on any atom is 0.266 e. The minimum Gasteiger partial charge on any atom is -0.494 e. The Morgan fingerprint density at radius 2 is 1.92 bits per heavy atom. The van der Waals surface area contributed by atoms with Crippen LogP contribution in [0.25, 0.3) is 0 Å². The molecule has 7 nitrogen and oxygen atoms in total. The quantitative estimate of drug-likeness (QED) is 0.235. The van der Waals surface area contributed by atoms with Crippen LogP contribution in [0, 0.1) is 6.92 Å². The summed E-state index contributed by atoms with van der Waals surface area (Å²) in [6.07, 6.45) is 0.426. The van der Waals surface area contributed by atoms with E-state index in [1.807, 2.05) is 80.6 Å². The van der Waals surface area contributed by atoms with Gasteiger partial charge in [0.25, 0.3) is 5.91 Å². The summed E-state index contributed by atoms with van der Waals surface area (Å²) in [7, 11) is 0. The molecule has 0 radical (unpaired) electrons. The van der Waals surface area contributed by atoms with Gasteiger partial charge in [0.15, 0.2) is 5.54 Å². The van der Waals surface area contributed by atoms with Crippen molar-refractivity contribution in [2.24, 2.45) is 4.99 Å². The van der Waals surface area contributed by atoms with Crippen molar-refractivity contribution in [3.63, 3.8) is 0 Å². The minimum atomic E-state index is -1.17. The standard InChI is InChI=1S/C29H32BrN3O4/c1-20-7-5-8-22(17-20)19-31-33-28(35)29(18-24-9-3-4-10-26(24)30)21(2)37-27(32-29)23-11-13-25(14-12-23)36-16-6-15-34/h3-5,7-14,17,21,31,34H,6,15-16,18-19H2,1-2H3,(H,33,35)/t21-,29-/m0/s1. The van der Waals surface area contributed by atoms with Crippen molar-refractivity contribution in [1.82, 2.24) is 10.9 Å². The van der Waals surface area contributed by atoms with Crippen molar-refractivity contribution in [2.75, 3.05) is 13.2 Å². The molecule has 1 aliphatic rings. The zero-order chi connectivity index (χ0) is 26.3. The first-order valence-electron chi connectivity index (χ1n) is 12.3. The fourth-order valence-electron chi connectivity index (χ4n) is 4.23. The van der Waals surface area contributed by atoms with Crippen molar-refractivity contribution >= 4 is 27.7 Å². The number of carbonyl (C=O) groups is 1. The Balaban J connectivity index is 1.57. The van der Waals surface area contributed by atoms with Crippen LogP contribution in [0.1, 0.15) is 35.6 Å². The molecular formula is C29H32BrN3O4. The second kappa shape index (κ2) is 12.4. The van der Waals surface area contributed by atoms with Crippen LogP contribution in [-0.2, 0) is 22.5 Å². The first kappa shape index (κ1) is 26.9. The molecule has 1 amide bonds. The Labute approximate surface area is 226 Å². The molecule has 37 heavy (non-hydrogen) atoms. The minimum absolute atomic E-state index is 0.0855. The number of ether oxygens (including phenoxy) is 2. The van der Waals surface area contributed by atoms with E-state index in [4.69, 9.17) is 19.6 Å². The molecule has 0 fully saturated rings. The fraction of sp³-hybridized carbons (Fsp3) is 0.310. The van der Waals surface area contributed by atoms with Crippen molar-refractivity contribution in [3.05, 3.63) is 99.5 Å². The number of amides is 1. The third kappa shape index (κ3) is 6.57.